The van der Waals surface area contributed by atoms with Crippen molar-refractivity contribution in [1.82, 2.24) is 5.32 Å². The number of carbonyl (C=O) groups is 1. The van der Waals surface area contributed by atoms with E-state index in [1.54, 1.807) is 18.4 Å². The number of thiophene rings is 1. The molecule has 0 saturated heterocycles. The van der Waals surface area contributed by atoms with E-state index in [1.807, 2.05) is 29.6 Å². The van der Waals surface area contributed by atoms with Crippen LogP contribution in [0.2, 0.25) is 0 Å². The summed E-state index contributed by atoms with van der Waals surface area (Å²) in [4.78, 5) is 11.6. The number of fused-ring (bicyclic) bond motifs is 1. The third kappa shape index (κ3) is 1.69. The van der Waals surface area contributed by atoms with Gasteiger partial charge in [0.05, 0.1) is 6.54 Å². The van der Waals surface area contributed by atoms with Gasteiger partial charge in [-0.25, -0.2) is 0 Å². The molecule has 1 N–H and O–H groups in total. The molecule has 0 unspecified atom stereocenters. The lowest BCUT2D eigenvalue weighted by Crippen LogP contribution is -2.18. The molecule has 2 nitrogen and oxygen atoms in total. The Kier molecular flexibility index (Phi) is 2.61. The summed E-state index contributed by atoms with van der Waals surface area (Å²) in [6.07, 6.45) is 0. The largest absolute Gasteiger partial charge is 0.313 e. The van der Waals surface area contributed by atoms with E-state index < -0.39 is 0 Å². The second-order valence-corrected chi connectivity index (χ2v) is 4.07. The van der Waals surface area contributed by atoms with Crippen LogP contribution in [0.15, 0.2) is 29.6 Å². The highest BCUT2D eigenvalue weighted by Gasteiger charge is 2.05. The standard InChI is InChI=1S/C11H11NOS/c1-12-7-10(13)8-2-3-11-9(6-8)4-5-14-11/h2-6,12H,7H2,1H3. The highest BCUT2D eigenvalue weighted by atomic mass is 32.1. The van der Waals surface area contributed by atoms with E-state index in [2.05, 4.69) is 5.32 Å². The lowest BCUT2D eigenvalue weighted by Gasteiger charge is -1.99. The highest BCUT2D eigenvalue weighted by molar-refractivity contribution is 7.17. The predicted molar refractivity (Wildman–Crippen MR) is 60.1 cm³/mol. The quantitative estimate of drug-likeness (QED) is 0.779. The van der Waals surface area contributed by atoms with Gasteiger partial charge in [0.2, 0.25) is 0 Å². The zero-order chi connectivity index (χ0) is 9.97. The number of nitrogens with one attached hydrogen (secondary N) is 1. The monoisotopic (exact) mass is 205 g/mol. The summed E-state index contributed by atoms with van der Waals surface area (Å²) in [5.41, 5.74) is 0.783. The van der Waals surface area contributed by atoms with Crippen LogP contribution in [0.4, 0.5) is 0 Å². The van der Waals surface area contributed by atoms with E-state index in [0.717, 1.165) is 10.9 Å². The molecule has 0 bridgehead atoms. The van der Waals surface area contributed by atoms with Crippen LogP contribution in [0.3, 0.4) is 0 Å². The molecule has 72 valence electrons. The molecule has 0 aliphatic heterocycles. The molecular weight excluding hydrogens is 194 g/mol. The Labute approximate surface area is 86.6 Å². The Morgan fingerprint density at radius 2 is 2.29 bits per heavy atom. The van der Waals surface area contributed by atoms with Crippen molar-refractivity contribution in [2.24, 2.45) is 0 Å². The summed E-state index contributed by atoms with van der Waals surface area (Å²) in [7, 11) is 1.78. The lowest BCUT2D eigenvalue weighted by molar-refractivity contribution is 0.0994. The molecule has 0 saturated carbocycles. The van der Waals surface area contributed by atoms with Crippen LogP contribution in [0, 0.1) is 0 Å². The molecule has 0 atom stereocenters. The van der Waals surface area contributed by atoms with Gasteiger partial charge in [0.1, 0.15) is 0 Å². The average Bonchev–Trinajstić information content (AvgIpc) is 2.64. The predicted octanol–water partition coefficient (Wildman–Crippen LogP) is 2.30. The zero-order valence-corrected chi connectivity index (χ0v) is 8.73. The van der Waals surface area contributed by atoms with Crippen molar-refractivity contribution in [3.63, 3.8) is 0 Å². The summed E-state index contributed by atoms with van der Waals surface area (Å²) in [5.74, 6) is 0.139. The maximum absolute atomic E-state index is 11.6. The van der Waals surface area contributed by atoms with Crippen LogP contribution in [0.1, 0.15) is 10.4 Å². The molecule has 0 fully saturated rings. The van der Waals surface area contributed by atoms with Gasteiger partial charge in [0.25, 0.3) is 0 Å². The van der Waals surface area contributed by atoms with Gasteiger partial charge in [0, 0.05) is 10.3 Å². The number of benzene rings is 1. The van der Waals surface area contributed by atoms with Crippen molar-refractivity contribution in [2.45, 2.75) is 0 Å². The smallest absolute Gasteiger partial charge is 0.176 e. The number of hydrogen-bond acceptors (Lipinski definition) is 3. The maximum atomic E-state index is 11.6. The fraction of sp³-hybridized carbons (Fsp3) is 0.182. The molecule has 0 radical (unpaired) electrons. The minimum absolute atomic E-state index is 0.139. The van der Waals surface area contributed by atoms with Crippen LogP contribution >= 0.6 is 11.3 Å². The first-order valence-electron chi connectivity index (χ1n) is 4.46. The molecule has 2 aromatic rings. The Balaban J connectivity index is 2.38. The third-order valence-electron chi connectivity index (χ3n) is 2.11. The minimum atomic E-state index is 0.139. The van der Waals surface area contributed by atoms with E-state index in [-0.39, 0.29) is 5.78 Å². The van der Waals surface area contributed by atoms with E-state index in [9.17, 15) is 4.79 Å². The van der Waals surface area contributed by atoms with Gasteiger partial charge in [-0.2, -0.15) is 0 Å². The second kappa shape index (κ2) is 3.90. The Morgan fingerprint density at radius 3 is 3.07 bits per heavy atom. The van der Waals surface area contributed by atoms with Crippen LogP contribution in [-0.2, 0) is 0 Å². The van der Waals surface area contributed by atoms with Crippen LogP contribution in [0.25, 0.3) is 10.1 Å². The number of hydrogen-bond donors (Lipinski definition) is 1. The molecule has 1 aromatic carbocycles. The fourth-order valence-corrected chi connectivity index (χ4v) is 2.17. The van der Waals surface area contributed by atoms with Crippen molar-refractivity contribution >= 4 is 27.2 Å². The van der Waals surface area contributed by atoms with Gasteiger partial charge >= 0.3 is 0 Å². The van der Waals surface area contributed by atoms with E-state index >= 15 is 0 Å². The molecule has 0 spiro atoms. The summed E-state index contributed by atoms with van der Waals surface area (Å²) in [5, 5.41) is 6.05. The SMILES string of the molecule is CNCC(=O)c1ccc2sccc2c1. The Morgan fingerprint density at radius 1 is 1.43 bits per heavy atom. The van der Waals surface area contributed by atoms with Crippen molar-refractivity contribution in [1.29, 1.82) is 0 Å². The highest BCUT2D eigenvalue weighted by Crippen LogP contribution is 2.21. The van der Waals surface area contributed by atoms with Gasteiger partial charge < -0.3 is 5.32 Å². The molecule has 0 aliphatic rings. The minimum Gasteiger partial charge on any atom is -0.313 e. The van der Waals surface area contributed by atoms with Crippen LogP contribution in [-0.4, -0.2) is 19.4 Å². The molecule has 14 heavy (non-hydrogen) atoms. The number of ketones is 1. The Hall–Kier alpha value is -1.19. The molecule has 2 rings (SSSR count). The molecule has 0 aliphatic carbocycles. The van der Waals surface area contributed by atoms with Gasteiger partial charge in [0.15, 0.2) is 5.78 Å². The topological polar surface area (TPSA) is 29.1 Å². The summed E-state index contributed by atoms with van der Waals surface area (Å²) in [6, 6.07) is 7.88. The first kappa shape index (κ1) is 9.37. The Bertz CT molecular complexity index is 461. The van der Waals surface area contributed by atoms with Crippen molar-refractivity contribution in [3.8, 4) is 0 Å². The number of carbonyl (C=O) groups excluding carboxylic acids is 1. The third-order valence-corrected chi connectivity index (χ3v) is 3.01. The van der Waals surface area contributed by atoms with Crippen LogP contribution in [0.5, 0.6) is 0 Å². The fourth-order valence-electron chi connectivity index (χ4n) is 1.40. The second-order valence-electron chi connectivity index (χ2n) is 3.13. The maximum Gasteiger partial charge on any atom is 0.176 e. The molecular formula is C11H11NOS. The number of rotatable bonds is 3. The zero-order valence-electron chi connectivity index (χ0n) is 7.91. The first-order valence-corrected chi connectivity index (χ1v) is 5.34. The van der Waals surface area contributed by atoms with E-state index in [0.29, 0.717) is 6.54 Å². The van der Waals surface area contributed by atoms with Gasteiger partial charge in [-0.3, -0.25) is 4.79 Å². The molecule has 1 aromatic heterocycles. The summed E-state index contributed by atoms with van der Waals surface area (Å²) < 4.78 is 1.23. The molecule has 3 heteroatoms. The van der Waals surface area contributed by atoms with Gasteiger partial charge in [-0.15, -0.1) is 11.3 Å². The van der Waals surface area contributed by atoms with Crippen molar-refractivity contribution in [3.05, 3.63) is 35.2 Å². The first-order chi connectivity index (χ1) is 6.81. The number of Topliss-reactive ketones (excluding diaryl/α,β-unsaturated/α-hetero) is 1. The van der Waals surface area contributed by atoms with E-state index in [4.69, 9.17) is 0 Å². The van der Waals surface area contributed by atoms with Crippen LogP contribution < -0.4 is 5.32 Å². The number of likely N-dealkylation sites (N-methyl/N-ethyl adjacent to an activating group) is 1. The average molecular weight is 205 g/mol. The van der Waals surface area contributed by atoms with E-state index in [1.165, 1.54) is 4.70 Å². The molecule has 1 heterocycles. The summed E-state index contributed by atoms with van der Waals surface area (Å²) in [6.45, 7) is 0.398. The van der Waals surface area contributed by atoms with Crippen molar-refractivity contribution < 1.29 is 4.79 Å². The van der Waals surface area contributed by atoms with Crippen molar-refractivity contribution in [2.75, 3.05) is 13.6 Å². The lowest BCUT2D eigenvalue weighted by atomic mass is 10.1. The van der Waals surface area contributed by atoms with Gasteiger partial charge in [-0.1, -0.05) is 0 Å². The normalized spacial score (nSPS) is 10.6. The molecule has 0 amide bonds. The summed E-state index contributed by atoms with van der Waals surface area (Å²) >= 11 is 1.69. The van der Waals surface area contributed by atoms with Gasteiger partial charge in [-0.05, 0) is 42.1 Å².